The fourth-order valence-corrected chi connectivity index (χ4v) is 2.57. The fourth-order valence-electron chi connectivity index (χ4n) is 1.30. The molecule has 0 heterocycles. The summed E-state index contributed by atoms with van der Waals surface area (Å²) in [6, 6.07) is 9.75. The molecule has 0 saturated carbocycles. The predicted molar refractivity (Wildman–Crippen MR) is 90.7 cm³/mol. The van der Waals surface area contributed by atoms with Gasteiger partial charge in [-0.2, -0.15) is 0 Å². The van der Waals surface area contributed by atoms with E-state index in [1.54, 1.807) is 6.92 Å². The van der Waals surface area contributed by atoms with E-state index in [1.807, 2.05) is 30.3 Å². The van der Waals surface area contributed by atoms with Gasteiger partial charge in [0, 0.05) is 0 Å². The Morgan fingerprint density at radius 1 is 1.25 bits per heavy atom. The molecular weight excluding hydrogens is 545 g/mol. The molecule has 0 amide bonds. The topological polar surface area (TPSA) is 37.3 Å². The molecule has 1 N–H and O–H groups in total. The first-order valence-electron chi connectivity index (χ1n) is 4.61. The summed E-state index contributed by atoms with van der Waals surface area (Å²) in [5.41, 5.74) is 0.275. The minimum absolute atomic E-state index is 0.359. The zero-order chi connectivity index (χ0) is 12.4. The van der Waals surface area contributed by atoms with Gasteiger partial charge in [0.1, 0.15) is 4.85 Å². The van der Waals surface area contributed by atoms with Crippen LogP contribution in [0.15, 0.2) is 30.3 Å². The van der Waals surface area contributed by atoms with Crippen molar-refractivity contribution in [1.29, 1.82) is 0 Å². The van der Waals surface area contributed by atoms with E-state index in [0.29, 0.717) is 6.42 Å². The molecule has 0 saturated heterocycles. The lowest BCUT2D eigenvalue weighted by Crippen LogP contribution is -2.41. The summed E-state index contributed by atoms with van der Waals surface area (Å²) in [7, 11) is 0. The molecule has 0 fully saturated rings. The Morgan fingerprint density at radius 2 is 1.75 bits per heavy atom. The number of halogens is 3. The average Bonchev–Trinajstić information content (AvgIpc) is 2.17. The maximum absolute atomic E-state index is 11.5. The van der Waals surface area contributed by atoms with Crippen LogP contribution < -0.4 is 0 Å². The van der Waals surface area contributed by atoms with E-state index in [0.717, 1.165) is 5.56 Å². The van der Waals surface area contributed by atoms with Crippen LogP contribution in [0.5, 0.6) is 0 Å². The van der Waals surface area contributed by atoms with Crippen molar-refractivity contribution in [3.63, 3.8) is 0 Å². The highest BCUT2D eigenvalue weighted by Gasteiger charge is 2.49. The fraction of sp³-hybridized carbons (Fsp3) is 0.364. The Kier molecular flexibility index (Phi) is 5.30. The number of benzene rings is 1. The molecule has 1 unspecified atom stereocenters. The Morgan fingerprint density at radius 3 is 2.12 bits per heavy atom. The summed E-state index contributed by atoms with van der Waals surface area (Å²) < 4.78 is -0.359. The summed E-state index contributed by atoms with van der Waals surface area (Å²) >= 11 is 6.57. The van der Waals surface area contributed by atoms with E-state index in [9.17, 15) is 9.90 Å². The molecule has 16 heavy (non-hydrogen) atoms. The number of aliphatic carboxylic acids is 1. The van der Waals surface area contributed by atoms with E-state index in [-0.39, 0.29) is -0.565 Å². The minimum Gasteiger partial charge on any atom is -0.481 e. The Bertz CT molecular complexity index is 373. The van der Waals surface area contributed by atoms with E-state index in [1.165, 1.54) is 0 Å². The zero-order valence-corrected chi connectivity index (χ0v) is 15.1. The van der Waals surface area contributed by atoms with Crippen molar-refractivity contribution in [2.75, 3.05) is 0 Å². The predicted octanol–water partition coefficient (Wildman–Crippen LogP) is 4.28. The van der Waals surface area contributed by atoms with Crippen LogP contribution in [0, 0.1) is 5.41 Å². The van der Waals surface area contributed by atoms with Gasteiger partial charge in [0.05, 0.1) is 0 Å². The highest BCUT2D eigenvalue weighted by molar-refractivity contribution is 14.3. The molecule has 0 spiro atoms. The van der Waals surface area contributed by atoms with Crippen molar-refractivity contribution in [1.82, 2.24) is 0 Å². The second-order valence-electron chi connectivity index (χ2n) is 3.80. The van der Waals surface area contributed by atoms with E-state index >= 15 is 0 Å². The van der Waals surface area contributed by atoms with Gasteiger partial charge in [-0.1, -0.05) is 98.1 Å². The van der Waals surface area contributed by atoms with Crippen molar-refractivity contribution >= 4 is 73.7 Å². The highest BCUT2D eigenvalue weighted by Crippen LogP contribution is 2.52. The van der Waals surface area contributed by atoms with Gasteiger partial charge in [-0.25, -0.2) is 0 Å². The van der Waals surface area contributed by atoms with Crippen molar-refractivity contribution in [2.45, 2.75) is 12.8 Å². The SMILES string of the molecule is CC(Cc1ccccc1)(C(=O)O)C(I)(I)I. The lowest BCUT2D eigenvalue weighted by molar-refractivity contribution is -0.146. The minimum atomic E-state index is -0.782. The van der Waals surface area contributed by atoms with Gasteiger partial charge < -0.3 is 5.11 Å². The summed E-state index contributed by atoms with van der Waals surface area (Å²) in [5.74, 6) is -0.755. The Balaban J connectivity index is 3.03. The molecule has 1 atom stereocenters. The van der Waals surface area contributed by atoms with Crippen molar-refractivity contribution in [3.8, 4) is 0 Å². The molecule has 0 bridgehead atoms. The standard InChI is InChI=1S/C11H11I3O2/c1-10(9(15)16,11(12,13)14)7-8-5-3-2-4-6-8/h2-6H,7H2,1H3,(H,15,16). The van der Waals surface area contributed by atoms with Gasteiger partial charge in [0.25, 0.3) is 0 Å². The number of rotatable bonds is 4. The number of carbonyl (C=O) groups is 1. The number of carboxylic acid groups (broad SMARTS) is 1. The first kappa shape index (κ1) is 14.9. The van der Waals surface area contributed by atoms with Crippen LogP contribution in [0.2, 0.25) is 0 Å². The Hall–Kier alpha value is 0.880. The van der Waals surface area contributed by atoms with Crippen LogP contribution in [-0.2, 0) is 11.2 Å². The molecular formula is C11H11I3O2. The summed E-state index contributed by atoms with van der Waals surface area (Å²) in [4.78, 5) is 11.5. The van der Waals surface area contributed by atoms with E-state index in [4.69, 9.17) is 0 Å². The molecule has 1 rings (SSSR count). The molecule has 5 heteroatoms. The van der Waals surface area contributed by atoms with Crippen molar-refractivity contribution in [2.24, 2.45) is 5.41 Å². The summed E-state index contributed by atoms with van der Waals surface area (Å²) in [6.07, 6.45) is 0.540. The number of carboxylic acids is 1. The maximum atomic E-state index is 11.5. The number of hydrogen-bond donors (Lipinski definition) is 1. The highest BCUT2D eigenvalue weighted by atomic mass is 127. The molecule has 0 aromatic heterocycles. The van der Waals surface area contributed by atoms with Gasteiger partial charge >= 0.3 is 5.97 Å². The molecule has 0 aliphatic rings. The molecule has 88 valence electrons. The third-order valence-corrected chi connectivity index (χ3v) is 6.07. The second kappa shape index (κ2) is 5.68. The van der Waals surface area contributed by atoms with Gasteiger partial charge in [-0.15, -0.1) is 0 Å². The average molecular weight is 556 g/mol. The van der Waals surface area contributed by atoms with Gasteiger partial charge in [-0.3, -0.25) is 4.79 Å². The van der Waals surface area contributed by atoms with Crippen LogP contribution >= 0.6 is 67.8 Å². The normalized spacial score (nSPS) is 15.5. The monoisotopic (exact) mass is 556 g/mol. The van der Waals surface area contributed by atoms with Gasteiger partial charge in [-0.05, 0) is 18.9 Å². The van der Waals surface area contributed by atoms with Gasteiger partial charge in [0.15, 0.2) is 0 Å². The third-order valence-electron chi connectivity index (χ3n) is 2.50. The number of hydrogen-bond acceptors (Lipinski definition) is 1. The third kappa shape index (κ3) is 3.44. The molecule has 0 aliphatic carbocycles. The van der Waals surface area contributed by atoms with Crippen molar-refractivity contribution < 1.29 is 9.90 Å². The lowest BCUT2D eigenvalue weighted by atomic mass is 9.86. The molecule has 1 aromatic rings. The quantitative estimate of drug-likeness (QED) is 0.445. The smallest absolute Gasteiger partial charge is 0.312 e. The zero-order valence-electron chi connectivity index (χ0n) is 8.58. The van der Waals surface area contributed by atoms with Crippen LogP contribution in [-0.4, -0.2) is 10.5 Å². The van der Waals surface area contributed by atoms with E-state index in [2.05, 4.69) is 67.8 Å². The number of alkyl halides is 3. The molecule has 0 radical (unpaired) electrons. The van der Waals surface area contributed by atoms with E-state index < -0.39 is 11.4 Å². The molecule has 2 nitrogen and oxygen atoms in total. The molecule has 0 aliphatic heterocycles. The first-order chi connectivity index (χ1) is 7.27. The summed E-state index contributed by atoms with van der Waals surface area (Å²) in [6.45, 7) is 1.80. The van der Waals surface area contributed by atoms with Gasteiger partial charge in [0.2, 0.25) is 0 Å². The maximum Gasteiger partial charge on any atom is 0.312 e. The first-order valence-corrected chi connectivity index (χ1v) is 7.85. The van der Waals surface area contributed by atoms with Crippen LogP contribution in [0.25, 0.3) is 0 Å². The second-order valence-corrected chi connectivity index (χ2v) is 14.8. The van der Waals surface area contributed by atoms with Crippen LogP contribution in [0.3, 0.4) is 0 Å². The van der Waals surface area contributed by atoms with Crippen molar-refractivity contribution in [3.05, 3.63) is 35.9 Å². The summed E-state index contributed by atoms with van der Waals surface area (Å²) in [5, 5.41) is 9.42. The largest absolute Gasteiger partial charge is 0.481 e. The van der Waals surface area contributed by atoms with Crippen LogP contribution in [0.1, 0.15) is 12.5 Å². The van der Waals surface area contributed by atoms with Crippen LogP contribution in [0.4, 0.5) is 0 Å². The molecule has 1 aromatic carbocycles. The Labute approximate surface area is 136 Å². The lowest BCUT2D eigenvalue weighted by Gasteiger charge is -2.33.